The molecule has 0 radical (unpaired) electrons. The molecule has 3 heteroatoms. The van der Waals surface area contributed by atoms with Crippen molar-refractivity contribution in [1.29, 1.82) is 0 Å². The summed E-state index contributed by atoms with van der Waals surface area (Å²) in [6, 6.07) is 0. The van der Waals surface area contributed by atoms with Gasteiger partial charge in [-0.15, -0.1) is 0 Å². The fraction of sp³-hybridized carbons (Fsp3) is 1.00. The maximum absolute atomic E-state index is 9.73. The predicted molar refractivity (Wildman–Crippen MR) is 73.6 cm³/mol. The summed E-state index contributed by atoms with van der Waals surface area (Å²) >= 11 is 0. The molecule has 2 heterocycles. The third kappa shape index (κ3) is 3.46. The van der Waals surface area contributed by atoms with E-state index in [-0.39, 0.29) is 5.41 Å². The summed E-state index contributed by atoms with van der Waals surface area (Å²) in [5.74, 6) is 1.73. The molecule has 18 heavy (non-hydrogen) atoms. The van der Waals surface area contributed by atoms with E-state index < -0.39 is 0 Å². The maximum Gasteiger partial charge on any atom is 0.0501 e. The number of hydrogen-bond acceptors (Lipinski definition) is 3. The zero-order valence-electron chi connectivity index (χ0n) is 12.0. The lowest BCUT2D eigenvalue weighted by Gasteiger charge is -2.42. The van der Waals surface area contributed by atoms with E-state index in [1.165, 1.54) is 25.9 Å². The minimum absolute atomic E-state index is 0.114. The number of piperidine rings is 1. The Morgan fingerprint density at radius 2 is 1.83 bits per heavy atom. The van der Waals surface area contributed by atoms with Crippen molar-refractivity contribution in [1.82, 2.24) is 4.90 Å². The smallest absolute Gasteiger partial charge is 0.0501 e. The molecule has 1 N–H and O–H groups in total. The summed E-state index contributed by atoms with van der Waals surface area (Å²) in [4.78, 5) is 2.57. The Bertz CT molecular complexity index is 241. The van der Waals surface area contributed by atoms with Crippen molar-refractivity contribution < 1.29 is 9.84 Å². The van der Waals surface area contributed by atoms with Crippen LogP contribution < -0.4 is 0 Å². The van der Waals surface area contributed by atoms with Crippen molar-refractivity contribution in [3.63, 3.8) is 0 Å². The molecule has 0 aromatic rings. The number of aliphatic hydroxyl groups excluding tert-OH is 1. The number of rotatable bonds is 4. The van der Waals surface area contributed by atoms with Gasteiger partial charge in [-0.05, 0) is 50.6 Å². The number of likely N-dealkylation sites (tertiary alicyclic amines) is 1. The fourth-order valence-electron chi connectivity index (χ4n) is 3.42. The largest absolute Gasteiger partial charge is 0.396 e. The summed E-state index contributed by atoms with van der Waals surface area (Å²) < 4.78 is 5.43. The van der Waals surface area contributed by atoms with Crippen molar-refractivity contribution in [2.45, 2.75) is 39.5 Å². The predicted octanol–water partition coefficient (Wildman–Crippen LogP) is 2.14. The topological polar surface area (TPSA) is 32.7 Å². The van der Waals surface area contributed by atoms with Gasteiger partial charge in [-0.25, -0.2) is 0 Å². The molecule has 0 saturated carbocycles. The minimum Gasteiger partial charge on any atom is -0.396 e. The Balaban J connectivity index is 1.82. The highest BCUT2D eigenvalue weighted by molar-refractivity contribution is 4.86. The number of aliphatic hydroxyl groups is 1. The second-order valence-corrected chi connectivity index (χ2v) is 6.63. The van der Waals surface area contributed by atoms with Crippen LogP contribution in [-0.2, 0) is 4.74 Å². The SMILES string of the molecule is CC(C)C1CCN(CC2(CO)CCOCC2)CC1. The highest BCUT2D eigenvalue weighted by Crippen LogP contribution is 2.33. The molecule has 0 aliphatic carbocycles. The summed E-state index contributed by atoms with van der Waals surface area (Å²) in [6.07, 6.45) is 4.70. The van der Waals surface area contributed by atoms with Crippen LogP contribution in [0.1, 0.15) is 39.5 Å². The molecule has 0 aromatic carbocycles. The first-order valence-corrected chi connectivity index (χ1v) is 7.56. The molecule has 0 unspecified atom stereocenters. The van der Waals surface area contributed by atoms with Crippen LogP contribution in [0, 0.1) is 17.3 Å². The lowest BCUT2D eigenvalue weighted by Crippen LogP contribution is -2.46. The molecule has 106 valence electrons. The zero-order chi connectivity index (χ0) is 13.0. The Morgan fingerprint density at radius 1 is 1.22 bits per heavy atom. The van der Waals surface area contributed by atoms with Gasteiger partial charge in [0.05, 0.1) is 6.61 Å². The van der Waals surface area contributed by atoms with Crippen molar-refractivity contribution >= 4 is 0 Å². The zero-order valence-corrected chi connectivity index (χ0v) is 12.0. The van der Waals surface area contributed by atoms with Crippen LogP contribution in [0.25, 0.3) is 0 Å². The molecular formula is C15H29NO2. The van der Waals surface area contributed by atoms with Gasteiger partial charge in [-0.1, -0.05) is 13.8 Å². The molecule has 2 saturated heterocycles. The second-order valence-electron chi connectivity index (χ2n) is 6.63. The number of nitrogens with zero attached hydrogens (tertiary/aromatic N) is 1. The second kappa shape index (κ2) is 6.36. The number of ether oxygens (including phenoxy) is 1. The van der Waals surface area contributed by atoms with Crippen molar-refractivity contribution in [3.8, 4) is 0 Å². The molecule has 0 amide bonds. The Labute approximate surface area is 112 Å². The van der Waals surface area contributed by atoms with E-state index in [0.29, 0.717) is 6.61 Å². The Kier molecular flexibility index (Phi) is 5.05. The first-order valence-electron chi connectivity index (χ1n) is 7.56. The van der Waals surface area contributed by atoms with E-state index in [1.807, 2.05) is 0 Å². The van der Waals surface area contributed by atoms with Gasteiger partial charge in [0.15, 0.2) is 0 Å². The van der Waals surface area contributed by atoms with Crippen molar-refractivity contribution in [2.24, 2.45) is 17.3 Å². The van der Waals surface area contributed by atoms with Crippen molar-refractivity contribution in [2.75, 3.05) is 39.5 Å². The van der Waals surface area contributed by atoms with Gasteiger partial charge >= 0.3 is 0 Å². The summed E-state index contributed by atoms with van der Waals surface area (Å²) in [5.41, 5.74) is 0.114. The first-order chi connectivity index (χ1) is 8.65. The van der Waals surface area contributed by atoms with E-state index in [4.69, 9.17) is 4.74 Å². The average molecular weight is 255 g/mol. The van der Waals surface area contributed by atoms with Crippen LogP contribution >= 0.6 is 0 Å². The standard InChI is InChI=1S/C15H29NO2/c1-13(2)14-3-7-16(8-4-14)11-15(12-17)5-9-18-10-6-15/h13-14,17H,3-12H2,1-2H3. The highest BCUT2D eigenvalue weighted by atomic mass is 16.5. The van der Waals surface area contributed by atoms with Crippen LogP contribution in [0.3, 0.4) is 0 Å². The molecule has 2 aliphatic rings. The average Bonchev–Trinajstić information content (AvgIpc) is 2.40. The molecule has 2 aliphatic heterocycles. The minimum atomic E-state index is 0.114. The van der Waals surface area contributed by atoms with E-state index in [9.17, 15) is 5.11 Å². The molecule has 0 spiro atoms. The summed E-state index contributed by atoms with van der Waals surface area (Å²) in [6.45, 7) is 10.1. The Morgan fingerprint density at radius 3 is 2.33 bits per heavy atom. The van der Waals surface area contributed by atoms with Crippen LogP contribution in [0.5, 0.6) is 0 Å². The maximum atomic E-state index is 9.73. The lowest BCUT2D eigenvalue weighted by atomic mass is 9.79. The molecule has 0 atom stereocenters. The normalized spacial score (nSPS) is 26.7. The first kappa shape index (κ1) is 14.3. The van der Waals surface area contributed by atoms with E-state index in [2.05, 4.69) is 18.7 Å². The molecular weight excluding hydrogens is 226 g/mol. The lowest BCUT2D eigenvalue weighted by molar-refractivity contribution is -0.0393. The van der Waals surface area contributed by atoms with Crippen LogP contribution in [0.4, 0.5) is 0 Å². The van der Waals surface area contributed by atoms with Gasteiger partial charge in [0, 0.05) is 25.2 Å². The fourth-order valence-corrected chi connectivity index (χ4v) is 3.42. The highest BCUT2D eigenvalue weighted by Gasteiger charge is 2.35. The third-order valence-corrected chi connectivity index (χ3v) is 5.02. The monoisotopic (exact) mass is 255 g/mol. The summed E-state index contributed by atoms with van der Waals surface area (Å²) in [5, 5.41) is 9.73. The van der Waals surface area contributed by atoms with Gasteiger partial charge in [-0.3, -0.25) is 0 Å². The van der Waals surface area contributed by atoms with Crippen LogP contribution in [-0.4, -0.2) is 49.5 Å². The van der Waals surface area contributed by atoms with Crippen molar-refractivity contribution in [3.05, 3.63) is 0 Å². The van der Waals surface area contributed by atoms with E-state index in [0.717, 1.165) is 44.4 Å². The van der Waals surface area contributed by atoms with Gasteiger partial charge in [0.2, 0.25) is 0 Å². The van der Waals surface area contributed by atoms with E-state index >= 15 is 0 Å². The molecule has 2 fully saturated rings. The third-order valence-electron chi connectivity index (χ3n) is 5.02. The molecule has 2 rings (SSSR count). The molecule has 0 bridgehead atoms. The summed E-state index contributed by atoms with van der Waals surface area (Å²) in [7, 11) is 0. The van der Waals surface area contributed by atoms with Gasteiger partial charge in [-0.2, -0.15) is 0 Å². The number of hydrogen-bond donors (Lipinski definition) is 1. The van der Waals surface area contributed by atoms with Crippen LogP contribution in [0.2, 0.25) is 0 Å². The van der Waals surface area contributed by atoms with Gasteiger partial charge in [0.1, 0.15) is 0 Å². The van der Waals surface area contributed by atoms with Gasteiger partial charge in [0.25, 0.3) is 0 Å². The molecule has 0 aromatic heterocycles. The Hall–Kier alpha value is -0.120. The van der Waals surface area contributed by atoms with Gasteiger partial charge < -0.3 is 14.7 Å². The van der Waals surface area contributed by atoms with Crippen LogP contribution in [0.15, 0.2) is 0 Å². The van der Waals surface area contributed by atoms with E-state index in [1.54, 1.807) is 0 Å². The quantitative estimate of drug-likeness (QED) is 0.835. The molecule has 3 nitrogen and oxygen atoms in total.